The Hall–Kier alpha value is -7.16. The van der Waals surface area contributed by atoms with Crippen molar-refractivity contribution in [1.82, 2.24) is 37.0 Å². The molecule has 1 saturated carbocycles. The third-order valence-electron chi connectivity index (χ3n) is 15.3. The van der Waals surface area contributed by atoms with Gasteiger partial charge in [0.1, 0.15) is 42.1 Å². The lowest BCUT2D eigenvalue weighted by molar-refractivity contribution is -0.197. The van der Waals surface area contributed by atoms with Gasteiger partial charge >= 0.3 is 11.9 Å². The molecule has 2 aromatic rings. The number of epoxide rings is 1. The molecule has 21 nitrogen and oxygen atoms in total. The molecule has 0 radical (unpaired) electrons. The highest BCUT2D eigenvalue weighted by Crippen LogP contribution is 2.50. The Morgan fingerprint density at radius 3 is 2.13 bits per heavy atom. The van der Waals surface area contributed by atoms with Gasteiger partial charge < -0.3 is 50.9 Å². The lowest BCUT2D eigenvalue weighted by atomic mass is 9.80. The van der Waals surface area contributed by atoms with Gasteiger partial charge in [-0.3, -0.25) is 38.4 Å². The van der Waals surface area contributed by atoms with Crippen LogP contribution in [0.25, 0.3) is 0 Å². The highest BCUT2D eigenvalue weighted by Gasteiger charge is 2.60. The van der Waals surface area contributed by atoms with E-state index >= 15 is 0 Å². The minimum Gasteiger partial charge on any atom is -0.496 e. The maximum Gasteiger partial charge on any atom is 0.333 e. The summed E-state index contributed by atoms with van der Waals surface area (Å²) in [6.45, 7) is 16.4. The van der Waals surface area contributed by atoms with Crippen LogP contribution in [0.5, 0.6) is 5.75 Å². The normalized spacial score (nSPS) is 23.6. The summed E-state index contributed by atoms with van der Waals surface area (Å²) in [5.41, 5.74) is 1.32. The van der Waals surface area contributed by atoms with E-state index in [1.165, 1.54) is 13.0 Å². The Morgan fingerprint density at radius 1 is 0.835 bits per heavy atom. The molecule has 8 atom stereocenters. The van der Waals surface area contributed by atoms with Crippen molar-refractivity contribution in [2.24, 2.45) is 23.2 Å². The molecule has 430 valence electrons. The van der Waals surface area contributed by atoms with Crippen molar-refractivity contribution < 1.29 is 67.0 Å². The fourth-order valence-corrected chi connectivity index (χ4v) is 9.92. The summed E-state index contributed by atoms with van der Waals surface area (Å²) in [6.07, 6.45) is 3.37. The number of carbonyl (C=O) groups excluding carboxylic acids is 10. The number of imide groups is 1. The fraction of sp³-hybridized carbons (Fsp3) is 0.586. The molecule has 2 saturated heterocycles. The monoisotopic (exact) mass is 1100 g/mol. The number of cyclic esters (lactones) is 1. The molecule has 2 aromatic carbocycles. The molecule has 0 aromatic heterocycles. The molecule has 8 amide bonds. The van der Waals surface area contributed by atoms with Gasteiger partial charge in [-0.15, -0.1) is 5.06 Å². The van der Waals surface area contributed by atoms with E-state index < -0.39 is 100 Å². The first-order valence-corrected chi connectivity index (χ1v) is 27.5. The van der Waals surface area contributed by atoms with Crippen LogP contribution in [0, 0.1) is 23.2 Å². The number of hydrogen-bond donors (Lipinski definition) is 6. The van der Waals surface area contributed by atoms with Crippen molar-refractivity contribution in [2.75, 3.05) is 7.11 Å². The molecular weight excluding hydrogens is 1020 g/mol. The fourth-order valence-electron chi connectivity index (χ4n) is 9.92. The van der Waals surface area contributed by atoms with E-state index in [2.05, 4.69) is 31.9 Å². The molecule has 3 fully saturated rings. The van der Waals surface area contributed by atoms with Gasteiger partial charge in [0, 0.05) is 51.0 Å². The number of ether oxygens (including phenoxy) is 3. The molecule has 3 aliphatic heterocycles. The van der Waals surface area contributed by atoms with Crippen LogP contribution in [0.15, 0.2) is 54.6 Å². The SMILES string of the molecule is CCc1cc(C[C@H]2NC(=O)/C=C/C[C@@H](C(C)C3OC3c3ccc(CNC(=O)C(C)NC(=O)[C@@H](NC(=O)CCCC(=O)ON4C(=O)CCC4=O)C(C)C)cc3)OC(=O)C(CC(C)C)NC(=O)C(C)(C)C3(CC3)NC2=O)ccc1OC. The summed E-state index contributed by atoms with van der Waals surface area (Å²) in [5, 5.41) is 17.6. The summed E-state index contributed by atoms with van der Waals surface area (Å²) in [6, 6.07) is 9.16. The molecule has 0 bridgehead atoms. The van der Waals surface area contributed by atoms with Crippen molar-refractivity contribution >= 4 is 59.2 Å². The van der Waals surface area contributed by atoms with Gasteiger partial charge in [0.2, 0.25) is 35.4 Å². The Balaban J connectivity index is 1.06. The van der Waals surface area contributed by atoms with Crippen LogP contribution in [0.3, 0.4) is 0 Å². The van der Waals surface area contributed by atoms with E-state index in [1.807, 2.05) is 70.2 Å². The first-order chi connectivity index (χ1) is 37.4. The van der Waals surface area contributed by atoms with E-state index in [-0.39, 0.29) is 81.5 Å². The van der Waals surface area contributed by atoms with Crippen LogP contribution >= 0.6 is 0 Å². The third-order valence-corrected chi connectivity index (χ3v) is 15.3. The molecule has 79 heavy (non-hydrogen) atoms. The van der Waals surface area contributed by atoms with Crippen molar-refractivity contribution in [1.29, 1.82) is 0 Å². The summed E-state index contributed by atoms with van der Waals surface area (Å²) < 4.78 is 18.0. The van der Waals surface area contributed by atoms with Gasteiger partial charge in [0.25, 0.3) is 11.8 Å². The average Bonchev–Trinajstić information content (AvgIpc) is 4.54. The van der Waals surface area contributed by atoms with Crippen LogP contribution in [0.1, 0.15) is 148 Å². The van der Waals surface area contributed by atoms with E-state index in [0.717, 1.165) is 28.0 Å². The topological polar surface area (TPSA) is 286 Å². The second-order valence-corrected chi connectivity index (χ2v) is 22.5. The number of aryl methyl sites for hydroxylation is 1. The molecule has 5 unspecified atom stereocenters. The van der Waals surface area contributed by atoms with E-state index in [1.54, 1.807) is 40.9 Å². The molecule has 6 N–H and O–H groups in total. The number of hydrogen-bond acceptors (Lipinski definition) is 14. The predicted molar refractivity (Wildman–Crippen MR) is 287 cm³/mol. The molecule has 1 spiro atoms. The summed E-state index contributed by atoms with van der Waals surface area (Å²) in [5.74, 6) is -5.59. The standard InChI is InChI=1S/C58H79N7O14/c1-11-38-29-37(20-23-43(38)76-10)30-40-53(72)64-58(26-27-58)57(8,9)56(75)62-41(28-32(2)3)55(74)77-42(14-12-15-44(66)61-40)34(6)50-51(78-50)39-21-18-36(19-22-39)31-59-52(71)35(7)60-54(73)49(33(4)5)63-45(67)16-13-17-48(70)79-65-46(68)24-25-47(65)69/h12,15,18-23,29,32-35,40-42,49-51H,11,13-14,16-17,24-28,30-31H2,1-10H3,(H,59,71)(H,60,73)(H,61,66)(H,62,75)(H,63,67)(H,64,72)/b15-12+/t34?,35?,40-,41?,42+,49+,50?,51?/m1/s1. The number of rotatable bonds is 21. The molecule has 3 heterocycles. The third kappa shape index (κ3) is 16.0. The maximum absolute atomic E-state index is 14.3. The van der Waals surface area contributed by atoms with Gasteiger partial charge in [-0.05, 0) is 99.1 Å². The molecular formula is C58H79N7O14. The number of methoxy groups -OCH3 is 1. The molecule has 6 rings (SSSR count). The lowest BCUT2D eigenvalue weighted by Crippen LogP contribution is -2.60. The number of benzene rings is 2. The first-order valence-electron chi connectivity index (χ1n) is 27.5. The maximum atomic E-state index is 14.3. The van der Waals surface area contributed by atoms with Crippen LogP contribution in [-0.2, 0) is 81.6 Å². The zero-order valence-corrected chi connectivity index (χ0v) is 47.1. The predicted octanol–water partition coefficient (Wildman–Crippen LogP) is 4.18. The average molecular weight is 1100 g/mol. The van der Waals surface area contributed by atoms with Crippen molar-refractivity contribution in [2.45, 2.75) is 188 Å². The number of hydroxylamine groups is 2. The highest BCUT2D eigenvalue weighted by atomic mass is 16.7. The van der Waals surface area contributed by atoms with Gasteiger partial charge in [0.05, 0.1) is 24.2 Å². The van der Waals surface area contributed by atoms with Crippen molar-refractivity contribution in [3.05, 3.63) is 76.9 Å². The van der Waals surface area contributed by atoms with Gasteiger partial charge in [0.15, 0.2) is 0 Å². The van der Waals surface area contributed by atoms with Gasteiger partial charge in [-0.1, -0.05) is 84.0 Å². The summed E-state index contributed by atoms with van der Waals surface area (Å²) in [4.78, 5) is 136. The minimum absolute atomic E-state index is 0.00500. The number of nitrogens with zero attached hydrogens (tertiary/aromatic N) is 1. The lowest BCUT2D eigenvalue weighted by Gasteiger charge is -2.36. The quantitative estimate of drug-likeness (QED) is 0.0582. The number of carbonyl (C=O) groups is 10. The largest absolute Gasteiger partial charge is 0.496 e. The van der Waals surface area contributed by atoms with Gasteiger partial charge in [-0.25, -0.2) is 9.59 Å². The molecule has 1 aliphatic carbocycles. The Bertz CT molecular complexity index is 2630. The van der Waals surface area contributed by atoms with Crippen molar-refractivity contribution in [3.8, 4) is 5.75 Å². The van der Waals surface area contributed by atoms with Crippen LogP contribution in [0.2, 0.25) is 0 Å². The van der Waals surface area contributed by atoms with Crippen molar-refractivity contribution in [3.63, 3.8) is 0 Å². The van der Waals surface area contributed by atoms with Gasteiger partial charge in [-0.2, -0.15) is 0 Å². The van der Waals surface area contributed by atoms with Crippen LogP contribution in [-0.4, -0.2) is 113 Å². The molecule has 21 heteroatoms. The number of amides is 8. The zero-order valence-electron chi connectivity index (χ0n) is 47.1. The first kappa shape index (κ1) is 61.1. The Kier molecular flexibility index (Phi) is 20.6. The Morgan fingerprint density at radius 2 is 1.51 bits per heavy atom. The summed E-state index contributed by atoms with van der Waals surface area (Å²) in [7, 11) is 1.60. The smallest absolute Gasteiger partial charge is 0.333 e. The van der Waals surface area contributed by atoms with Crippen LogP contribution in [0.4, 0.5) is 0 Å². The Labute approximate surface area is 462 Å². The van der Waals surface area contributed by atoms with E-state index in [4.69, 9.17) is 19.0 Å². The van der Waals surface area contributed by atoms with Crippen LogP contribution < -0.4 is 36.6 Å². The van der Waals surface area contributed by atoms with E-state index in [9.17, 15) is 47.9 Å². The number of esters is 1. The van der Waals surface area contributed by atoms with E-state index in [0.29, 0.717) is 30.7 Å². The highest BCUT2D eigenvalue weighted by molar-refractivity contribution is 6.01. The summed E-state index contributed by atoms with van der Waals surface area (Å²) >= 11 is 0. The number of nitrogens with one attached hydrogen (secondary N) is 6. The minimum atomic E-state index is -1.15. The second-order valence-electron chi connectivity index (χ2n) is 22.5. The molecule has 4 aliphatic rings. The zero-order chi connectivity index (χ0) is 57.9. The second kappa shape index (κ2) is 26.7.